The summed E-state index contributed by atoms with van der Waals surface area (Å²) >= 11 is 1.29. The molecule has 3 aromatic rings. The molecule has 0 aliphatic carbocycles. The van der Waals surface area contributed by atoms with Crippen molar-refractivity contribution < 1.29 is 14.7 Å². The normalized spacial score (nSPS) is 14.4. The van der Waals surface area contributed by atoms with Crippen LogP contribution in [-0.4, -0.2) is 75.1 Å². The van der Waals surface area contributed by atoms with Gasteiger partial charge in [-0.05, 0) is 24.3 Å². The Kier molecular flexibility index (Phi) is 8.75. The highest BCUT2D eigenvalue weighted by atomic mass is 32.2. The average molecular weight is 507 g/mol. The Morgan fingerprint density at radius 1 is 1.03 bits per heavy atom. The zero-order valence-electron chi connectivity index (χ0n) is 20.0. The third-order valence-electron chi connectivity index (χ3n) is 5.97. The molecule has 36 heavy (non-hydrogen) atoms. The minimum Gasteiger partial charge on any atom is -0.394 e. The largest absolute Gasteiger partial charge is 0.394 e. The highest BCUT2D eigenvalue weighted by Gasteiger charge is 2.25. The van der Waals surface area contributed by atoms with Gasteiger partial charge in [-0.3, -0.25) is 9.59 Å². The Morgan fingerprint density at radius 2 is 1.69 bits per heavy atom. The van der Waals surface area contributed by atoms with Crippen molar-refractivity contribution >= 4 is 29.3 Å². The Labute approximate surface area is 214 Å². The summed E-state index contributed by atoms with van der Waals surface area (Å²) in [4.78, 5) is 29.7. The molecule has 0 bridgehead atoms. The Balaban J connectivity index is 1.37. The first-order chi connectivity index (χ1) is 17.6. The van der Waals surface area contributed by atoms with E-state index in [1.807, 2.05) is 29.2 Å². The molecule has 1 atom stereocenters. The zero-order chi connectivity index (χ0) is 25.3. The van der Waals surface area contributed by atoms with Gasteiger partial charge in [-0.25, -0.2) is 0 Å². The van der Waals surface area contributed by atoms with Gasteiger partial charge in [0.05, 0.1) is 12.4 Å². The Hall–Kier alpha value is -3.63. The molecule has 0 spiro atoms. The number of nitrogens with one attached hydrogen (secondary N) is 1. The van der Waals surface area contributed by atoms with Gasteiger partial charge in [0, 0.05) is 44.0 Å². The standard InChI is InChI=1S/C26H30N6O3S/c1-2-13-32-24(22(18-33)27-25(35)20-9-5-3-6-10-20)28-29-26(32)36-19-23(34)31-16-14-30(15-17-31)21-11-7-4-8-12-21/h2-12,22,33H,1,13-19H2,(H,27,35). The predicted octanol–water partition coefficient (Wildman–Crippen LogP) is 2.37. The van der Waals surface area contributed by atoms with Gasteiger partial charge < -0.3 is 24.8 Å². The zero-order valence-corrected chi connectivity index (χ0v) is 20.8. The number of aliphatic hydroxyl groups is 1. The lowest BCUT2D eigenvalue weighted by Gasteiger charge is -2.36. The fourth-order valence-electron chi connectivity index (χ4n) is 4.06. The summed E-state index contributed by atoms with van der Waals surface area (Å²) < 4.78 is 1.77. The Bertz CT molecular complexity index is 1160. The third-order valence-corrected chi connectivity index (χ3v) is 6.92. The molecule has 4 rings (SSSR count). The van der Waals surface area contributed by atoms with Crippen LogP contribution in [0.3, 0.4) is 0 Å². The number of carbonyl (C=O) groups excluding carboxylic acids is 2. The maximum Gasteiger partial charge on any atom is 0.251 e. The van der Waals surface area contributed by atoms with Crippen molar-refractivity contribution in [3.05, 3.63) is 84.7 Å². The lowest BCUT2D eigenvalue weighted by atomic mass is 10.2. The second kappa shape index (κ2) is 12.4. The van der Waals surface area contributed by atoms with Gasteiger partial charge in [-0.1, -0.05) is 54.2 Å². The number of nitrogens with zero attached hydrogens (tertiary/aromatic N) is 5. The summed E-state index contributed by atoms with van der Waals surface area (Å²) in [6.45, 7) is 6.74. The van der Waals surface area contributed by atoms with Crippen molar-refractivity contribution in [3.8, 4) is 0 Å². The first kappa shape index (κ1) is 25.5. The fourth-order valence-corrected chi connectivity index (χ4v) is 4.92. The summed E-state index contributed by atoms with van der Waals surface area (Å²) in [7, 11) is 0. The number of anilines is 1. The number of allylic oxidation sites excluding steroid dienone is 1. The maximum atomic E-state index is 12.9. The molecule has 1 aliphatic heterocycles. The van der Waals surface area contributed by atoms with Crippen molar-refractivity contribution in [2.75, 3.05) is 43.4 Å². The monoisotopic (exact) mass is 506 g/mol. The minimum atomic E-state index is -0.749. The molecule has 1 saturated heterocycles. The molecule has 188 valence electrons. The van der Waals surface area contributed by atoms with Gasteiger partial charge in [0.25, 0.3) is 5.91 Å². The van der Waals surface area contributed by atoms with Crippen LogP contribution in [0.5, 0.6) is 0 Å². The molecule has 1 aliphatic rings. The summed E-state index contributed by atoms with van der Waals surface area (Å²) in [5, 5.41) is 21.8. The van der Waals surface area contributed by atoms with Crippen molar-refractivity contribution in [1.29, 1.82) is 0 Å². The van der Waals surface area contributed by atoms with E-state index in [0.717, 1.165) is 13.1 Å². The van der Waals surface area contributed by atoms with E-state index in [4.69, 9.17) is 0 Å². The van der Waals surface area contributed by atoms with Crippen LogP contribution in [0, 0.1) is 0 Å². The summed E-state index contributed by atoms with van der Waals surface area (Å²) in [6.07, 6.45) is 1.69. The molecule has 2 aromatic carbocycles. The van der Waals surface area contributed by atoms with E-state index in [-0.39, 0.29) is 24.2 Å². The number of hydrogen-bond acceptors (Lipinski definition) is 7. The van der Waals surface area contributed by atoms with Crippen LogP contribution in [0.1, 0.15) is 22.2 Å². The van der Waals surface area contributed by atoms with Crippen LogP contribution in [0.4, 0.5) is 5.69 Å². The molecule has 1 aromatic heterocycles. The maximum absolute atomic E-state index is 12.9. The smallest absolute Gasteiger partial charge is 0.251 e. The number of aliphatic hydroxyl groups excluding tert-OH is 1. The van der Waals surface area contributed by atoms with Gasteiger partial charge in [0.15, 0.2) is 11.0 Å². The highest BCUT2D eigenvalue weighted by Crippen LogP contribution is 2.22. The van der Waals surface area contributed by atoms with Crippen LogP contribution >= 0.6 is 11.8 Å². The van der Waals surface area contributed by atoms with E-state index in [1.54, 1.807) is 34.9 Å². The van der Waals surface area contributed by atoms with Crippen molar-refractivity contribution in [3.63, 3.8) is 0 Å². The van der Waals surface area contributed by atoms with E-state index in [1.165, 1.54) is 17.4 Å². The molecule has 2 amide bonds. The van der Waals surface area contributed by atoms with E-state index in [9.17, 15) is 14.7 Å². The number of aromatic nitrogens is 3. The van der Waals surface area contributed by atoms with Crippen molar-refractivity contribution in [2.45, 2.75) is 17.7 Å². The van der Waals surface area contributed by atoms with E-state index in [2.05, 4.69) is 39.1 Å². The number of amides is 2. The summed E-state index contributed by atoms with van der Waals surface area (Å²) in [5.74, 6) is 0.356. The van der Waals surface area contributed by atoms with E-state index in [0.29, 0.717) is 36.2 Å². The number of piperazine rings is 1. The minimum absolute atomic E-state index is 0.0403. The average Bonchev–Trinajstić information content (AvgIpc) is 3.33. The molecule has 2 N–H and O–H groups in total. The molecule has 9 nitrogen and oxygen atoms in total. The quantitative estimate of drug-likeness (QED) is 0.321. The van der Waals surface area contributed by atoms with Gasteiger partial charge in [-0.2, -0.15) is 0 Å². The van der Waals surface area contributed by atoms with Gasteiger partial charge in [0.2, 0.25) is 5.91 Å². The number of carbonyl (C=O) groups is 2. The number of rotatable bonds is 10. The fraction of sp³-hybridized carbons (Fsp3) is 0.308. The highest BCUT2D eigenvalue weighted by molar-refractivity contribution is 7.99. The first-order valence-corrected chi connectivity index (χ1v) is 12.8. The van der Waals surface area contributed by atoms with Gasteiger partial charge >= 0.3 is 0 Å². The first-order valence-electron chi connectivity index (χ1n) is 11.8. The molecule has 1 fully saturated rings. The molecule has 0 saturated carbocycles. The Morgan fingerprint density at radius 3 is 2.33 bits per heavy atom. The number of para-hydroxylation sites is 1. The SMILES string of the molecule is C=CCn1c(SCC(=O)N2CCN(c3ccccc3)CC2)nnc1C(CO)NC(=O)c1ccccc1. The molecule has 0 radical (unpaired) electrons. The second-order valence-electron chi connectivity index (χ2n) is 8.31. The van der Waals surface area contributed by atoms with Crippen molar-refractivity contribution in [1.82, 2.24) is 25.0 Å². The third kappa shape index (κ3) is 6.13. The molecular formula is C26H30N6O3S. The molecule has 1 unspecified atom stereocenters. The lowest BCUT2D eigenvalue weighted by Crippen LogP contribution is -2.49. The van der Waals surface area contributed by atoms with E-state index < -0.39 is 6.04 Å². The predicted molar refractivity (Wildman–Crippen MR) is 140 cm³/mol. The summed E-state index contributed by atoms with van der Waals surface area (Å²) in [6, 6.07) is 18.2. The van der Waals surface area contributed by atoms with Crippen LogP contribution < -0.4 is 10.2 Å². The second-order valence-corrected chi connectivity index (χ2v) is 9.25. The van der Waals surface area contributed by atoms with Gasteiger partial charge in [-0.15, -0.1) is 16.8 Å². The number of benzene rings is 2. The lowest BCUT2D eigenvalue weighted by molar-refractivity contribution is -0.128. The summed E-state index contributed by atoms with van der Waals surface area (Å²) in [5.41, 5.74) is 1.65. The van der Waals surface area contributed by atoms with Gasteiger partial charge in [0.1, 0.15) is 6.04 Å². The molecule has 2 heterocycles. The van der Waals surface area contributed by atoms with Crippen LogP contribution in [-0.2, 0) is 11.3 Å². The number of hydrogen-bond donors (Lipinski definition) is 2. The topological polar surface area (TPSA) is 104 Å². The van der Waals surface area contributed by atoms with E-state index >= 15 is 0 Å². The molecular weight excluding hydrogens is 476 g/mol. The van der Waals surface area contributed by atoms with Crippen molar-refractivity contribution in [2.24, 2.45) is 0 Å². The van der Waals surface area contributed by atoms with Crippen LogP contribution in [0.15, 0.2) is 78.5 Å². The van der Waals surface area contributed by atoms with Crippen LogP contribution in [0.25, 0.3) is 0 Å². The molecule has 10 heteroatoms. The number of thioether (sulfide) groups is 1. The van der Waals surface area contributed by atoms with Crippen LogP contribution in [0.2, 0.25) is 0 Å².